The van der Waals surface area contributed by atoms with Crippen molar-refractivity contribution < 1.29 is 4.79 Å². The average molecular weight is 367 g/mol. The van der Waals surface area contributed by atoms with Crippen LogP contribution >= 0.6 is 0 Å². The van der Waals surface area contributed by atoms with Crippen molar-refractivity contribution in [2.75, 3.05) is 19.6 Å². The first kappa shape index (κ1) is 18.2. The molecule has 1 amide bonds. The third kappa shape index (κ3) is 4.24. The fraction of sp³-hybridized carbons (Fsp3) is 0.545. The van der Waals surface area contributed by atoms with Gasteiger partial charge in [0.25, 0.3) is 5.91 Å². The maximum absolute atomic E-state index is 12.5. The van der Waals surface area contributed by atoms with Gasteiger partial charge in [-0.25, -0.2) is 0 Å². The molecule has 0 bridgehead atoms. The van der Waals surface area contributed by atoms with Gasteiger partial charge in [0.15, 0.2) is 0 Å². The van der Waals surface area contributed by atoms with Gasteiger partial charge in [0.05, 0.1) is 5.69 Å². The number of amides is 1. The summed E-state index contributed by atoms with van der Waals surface area (Å²) < 4.78 is 1.91. The largest absolute Gasteiger partial charge is 0.352 e. The lowest BCUT2D eigenvalue weighted by molar-refractivity contribution is 0.0954. The molecular formula is C22H30N4O. The highest BCUT2D eigenvalue weighted by Gasteiger charge is 2.26. The van der Waals surface area contributed by atoms with Crippen molar-refractivity contribution in [3.8, 4) is 0 Å². The second-order valence-corrected chi connectivity index (χ2v) is 7.77. The minimum absolute atomic E-state index is 0.0211. The third-order valence-electron chi connectivity index (χ3n) is 6.08. The van der Waals surface area contributed by atoms with Crippen LogP contribution in [-0.4, -0.2) is 46.3 Å². The van der Waals surface area contributed by atoms with Crippen molar-refractivity contribution in [2.45, 2.75) is 58.0 Å². The van der Waals surface area contributed by atoms with Gasteiger partial charge in [0, 0.05) is 50.4 Å². The lowest BCUT2D eigenvalue weighted by atomic mass is 9.91. The molecular weight excluding hydrogens is 336 g/mol. The SMILES string of the molecule is CCn1ccc(CCNC(=O)c2ccc3c(c2)CCN(C2CCC2)CC3)n1. The van der Waals surface area contributed by atoms with E-state index in [-0.39, 0.29) is 5.91 Å². The van der Waals surface area contributed by atoms with E-state index < -0.39 is 0 Å². The van der Waals surface area contributed by atoms with Gasteiger partial charge in [-0.15, -0.1) is 0 Å². The zero-order chi connectivity index (χ0) is 18.6. The van der Waals surface area contributed by atoms with Crippen LogP contribution in [-0.2, 0) is 25.8 Å². The molecule has 2 aliphatic rings. The molecule has 2 heterocycles. The Bertz CT molecular complexity index is 793. The van der Waals surface area contributed by atoms with Crippen LogP contribution in [0, 0.1) is 0 Å². The minimum atomic E-state index is 0.0211. The van der Waals surface area contributed by atoms with Gasteiger partial charge in [-0.3, -0.25) is 14.4 Å². The predicted molar refractivity (Wildman–Crippen MR) is 107 cm³/mol. The maximum Gasteiger partial charge on any atom is 0.251 e. The summed E-state index contributed by atoms with van der Waals surface area (Å²) in [5.74, 6) is 0.0211. The highest BCUT2D eigenvalue weighted by molar-refractivity contribution is 5.94. The van der Waals surface area contributed by atoms with E-state index in [1.54, 1.807) is 0 Å². The number of hydrogen-bond acceptors (Lipinski definition) is 3. The fourth-order valence-electron chi connectivity index (χ4n) is 4.12. The molecule has 4 rings (SSSR count). The van der Waals surface area contributed by atoms with Gasteiger partial charge in [0.1, 0.15) is 0 Å². The number of nitrogens with one attached hydrogen (secondary N) is 1. The van der Waals surface area contributed by atoms with Crippen molar-refractivity contribution in [2.24, 2.45) is 0 Å². The van der Waals surface area contributed by atoms with Crippen LogP contribution in [0.15, 0.2) is 30.5 Å². The molecule has 1 saturated carbocycles. The zero-order valence-electron chi connectivity index (χ0n) is 16.3. The summed E-state index contributed by atoms with van der Waals surface area (Å²) in [5.41, 5.74) is 4.57. The molecule has 1 aromatic heterocycles. The molecule has 2 aromatic rings. The molecule has 144 valence electrons. The Morgan fingerprint density at radius 1 is 1.19 bits per heavy atom. The van der Waals surface area contributed by atoms with E-state index in [0.29, 0.717) is 6.54 Å². The van der Waals surface area contributed by atoms with E-state index in [1.165, 1.54) is 30.4 Å². The van der Waals surface area contributed by atoms with Gasteiger partial charge in [-0.05, 0) is 61.9 Å². The quantitative estimate of drug-likeness (QED) is 0.855. The summed E-state index contributed by atoms with van der Waals surface area (Å²) in [6, 6.07) is 9.08. The van der Waals surface area contributed by atoms with Crippen LogP contribution in [0.25, 0.3) is 0 Å². The molecule has 0 radical (unpaired) electrons. The molecule has 1 aliphatic carbocycles. The average Bonchev–Trinajstić information content (AvgIpc) is 3.00. The second-order valence-electron chi connectivity index (χ2n) is 7.77. The Morgan fingerprint density at radius 2 is 2.00 bits per heavy atom. The molecule has 1 aromatic carbocycles. The Labute approximate surface area is 161 Å². The number of carbonyl (C=O) groups is 1. The van der Waals surface area contributed by atoms with E-state index in [4.69, 9.17) is 0 Å². The first-order chi connectivity index (χ1) is 13.2. The predicted octanol–water partition coefficient (Wildman–Crippen LogP) is 2.83. The van der Waals surface area contributed by atoms with E-state index in [9.17, 15) is 4.79 Å². The summed E-state index contributed by atoms with van der Waals surface area (Å²) in [6.45, 7) is 5.85. The van der Waals surface area contributed by atoms with Crippen LogP contribution in [0.1, 0.15) is 53.4 Å². The molecule has 0 atom stereocenters. The number of nitrogens with zero attached hydrogens (tertiary/aromatic N) is 3. The Morgan fingerprint density at radius 3 is 2.70 bits per heavy atom. The van der Waals surface area contributed by atoms with Gasteiger partial charge in [0.2, 0.25) is 0 Å². The molecule has 0 saturated heterocycles. The van der Waals surface area contributed by atoms with Crippen molar-refractivity contribution in [1.29, 1.82) is 0 Å². The van der Waals surface area contributed by atoms with Crippen LogP contribution in [0.4, 0.5) is 0 Å². The molecule has 0 unspecified atom stereocenters. The van der Waals surface area contributed by atoms with Crippen LogP contribution in [0.3, 0.4) is 0 Å². The smallest absolute Gasteiger partial charge is 0.251 e. The maximum atomic E-state index is 12.5. The monoisotopic (exact) mass is 366 g/mol. The molecule has 0 spiro atoms. The van der Waals surface area contributed by atoms with Gasteiger partial charge < -0.3 is 5.32 Å². The number of hydrogen-bond donors (Lipinski definition) is 1. The van der Waals surface area contributed by atoms with E-state index in [0.717, 1.165) is 56.2 Å². The van der Waals surface area contributed by atoms with Gasteiger partial charge in [-0.2, -0.15) is 5.10 Å². The lowest BCUT2D eigenvalue weighted by Crippen LogP contribution is -2.41. The van der Waals surface area contributed by atoms with Gasteiger partial charge in [-0.1, -0.05) is 12.5 Å². The summed E-state index contributed by atoms with van der Waals surface area (Å²) in [5, 5.41) is 7.50. The Balaban J connectivity index is 1.32. The number of fused-ring (bicyclic) bond motifs is 1. The number of aromatic nitrogens is 2. The third-order valence-corrected chi connectivity index (χ3v) is 6.08. The van der Waals surface area contributed by atoms with E-state index in [1.807, 2.05) is 23.0 Å². The van der Waals surface area contributed by atoms with Crippen molar-refractivity contribution in [3.05, 3.63) is 52.8 Å². The van der Waals surface area contributed by atoms with E-state index in [2.05, 4.69) is 34.4 Å². The lowest BCUT2D eigenvalue weighted by Gasteiger charge is -2.36. The second kappa shape index (κ2) is 8.26. The molecule has 1 aliphatic heterocycles. The van der Waals surface area contributed by atoms with Gasteiger partial charge >= 0.3 is 0 Å². The van der Waals surface area contributed by atoms with Crippen LogP contribution in [0.5, 0.6) is 0 Å². The van der Waals surface area contributed by atoms with Crippen molar-refractivity contribution >= 4 is 5.91 Å². The Hall–Kier alpha value is -2.14. The number of rotatable bonds is 6. The molecule has 27 heavy (non-hydrogen) atoms. The first-order valence-electron chi connectivity index (χ1n) is 10.4. The van der Waals surface area contributed by atoms with Crippen LogP contribution in [0.2, 0.25) is 0 Å². The van der Waals surface area contributed by atoms with Crippen molar-refractivity contribution in [1.82, 2.24) is 20.0 Å². The first-order valence-corrected chi connectivity index (χ1v) is 10.4. The number of benzene rings is 1. The van der Waals surface area contributed by atoms with Crippen molar-refractivity contribution in [3.63, 3.8) is 0 Å². The number of aryl methyl sites for hydroxylation is 1. The molecule has 5 heteroatoms. The van der Waals surface area contributed by atoms with E-state index >= 15 is 0 Å². The summed E-state index contributed by atoms with van der Waals surface area (Å²) >= 11 is 0. The summed E-state index contributed by atoms with van der Waals surface area (Å²) in [4.78, 5) is 15.2. The summed E-state index contributed by atoms with van der Waals surface area (Å²) in [6.07, 6.45) is 9.02. The summed E-state index contributed by atoms with van der Waals surface area (Å²) in [7, 11) is 0. The highest BCUT2D eigenvalue weighted by atomic mass is 16.1. The molecule has 5 nitrogen and oxygen atoms in total. The fourth-order valence-corrected chi connectivity index (χ4v) is 4.12. The highest BCUT2D eigenvalue weighted by Crippen LogP contribution is 2.27. The standard InChI is InChI=1S/C22H30N4O/c1-2-26-15-11-20(24-26)8-12-23-22(27)19-7-6-17-9-13-25(21-4-3-5-21)14-10-18(17)16-19/h6-7,11,15-16,21H,2-5,8-10,12-14H2,1H3,(H,23,27). The molecule has 1 N–H and O–H groups in total. The molecule has 1 fully saturated rings. The van der Waals surface area contributed by atoms with Crippen LogP contribution < -0.4 is 5.32 Å². The number of carbonyl (C=O) groups excluding carboxylic acids is 1. The Kier molecular flexibility index (Phi) is 5.58. The topological polar surface area (TPSA) is 50.2 Å². The normalized spacial score (nSPS) is 17.8. The zero-order valence-corrected chi connectivity index (χ0v) is 16.3. The minimum Gasteiger partial charge on any atom is -0.352 e.